The van der Waals surface area contributed by atoms with Crippen molar-refractivity contribution in [2.45, 2.75) is 26.2 Å². The highest BCUT2D eigenvalue weighted by Gasteiger charge is 2.22. The molecule has 18 heavy (non-hydrogen) atoms. The average molecular weight is 244 g/mol. The lowest BCUT2D eigenvalue weighted by molar-refractivity contribution is 0.0697. The highest BCUT2D eigenvalue weighted by atomic mass is 16.2. The summed E-state index contributed by atoms with van der Waals surface area (Å²) in [7, 11) is 0. The molecule has 2 aliphatic rings. The molecule has 0 saturated carbocycles. The highest BCUT2D eigenvalue weighted by molar-refractivity contribution is 5.95. The molecule has 3 rings (SSSR count). The third-order valence-corrected chi connectivity index (χ3v) is 4.14. The predicted molar refractivity (Wildman–Crippen MR) is 72.9 cm³/mol. The molecule has 3 nitrogen and oxygen atoms in total. The summed E-state index contributed by atoms with van der Waals surface area (Å²) in [6.07, 6.45) is 3.34. The van der Waals surface area contributed by atoms with Crippen LogP contribution in [0.2, 0.25) is 0 Å². The van der Waals surface area contributed by atoms with Gasteiger partial charge in [-0.25, -0.2) is 0 Å². The second kappa shape index (κ2) is 4.63. The van der Waals surface area contributed by atoms with Gasteiger partial charge >= 0.3 is 0 Å². The van der Waals surface area contributed by atoms with E-state index in [0.29, 0.717) is 0 Å². The molecule has 3 heteroatoms. The molecule has 1 N–H and O–H groups in total. The largest absolute Gasteiger partial charge is 0.384 e. The lowest BCUT2D eigenvalue weighted by atomic mass is 9.98. The number of likely N-dealkylation sites (tertiary alicyclic amines) is 1. The Morgan fingerprint density at radius 1 is 1.33 bits per heavy atom. The van der Waals surface area contributed by atoms with Gasteiger partial charge in [-0.05, 0) is 42.9 Å². The third-order valence-electron chi connectivity index (χ3n) is 4.14. The molecule has 0 aliphatic carbocycles. The van der Waals surface area contributed by atoms with Crippen LogP contribution in [0, 0.1) is 5.92 Å². The topological polar surface area (TPSA) is 32.3 Å². The molecule has 1 saturated heterocycles. The maximum Gasteiger partial charge on any atom is 0.253 e. The summed E-state index contributed by atoms with van der Waals surface area (Å²) in [6, 6.07) is 6.09. The van der Waals surface area contributed by atoms with Crippen molar-refractivity contribution in [2.24, 2.45) is 5.92 Å². The molecular weight excluding hydrogens is 224 g/mol. The molecule has 0 unspecified atom stereocenters. The molecule has 0 radical (unpaired) electrons. The standard InChI is InChI=1S/C15H20N2O/c1-11-5-8-17(9-6-11)15(18)13-3-2-12-4-7-16-14(12)10-13/h2-3,10-11,16H,4-9H2,1H3. The zero-order chi connectivity index (χ0) is 12.5. The SMILES string of the molecule is CC1CCN(C(=O)c2ccc3c(c2)NCC3)CC1. The molecule has 0 atom stereocenters. The Morgan fingerprint density at radius 2 is 2.11 bits per heavy atom. The minimum Gasteiger partial charge on any atom is -0.384 e. The van der Waals surface area contributed by atoms with Crippen LogP contribution >= 0.6 is 0 Å². The summed E-state index contributed by atoms with van der Waals surface area (Å²) in [6.45, 7) is 5.07. The fourth-order valence-corrected chi connectivity index (χ4v) is 2.82. The molecule has 2 heterocycles. The van der Waals surface area contributed by atoms with E-state index in [1.54, 1.807) is 0 Å². The normalized spacial score (nSPS) is 19.5. The minimum absolute atomic E-state index is 0.193. The Hall–Kier alpha value is -1.51. The Morgan fingerprint density at radius 3 is 2.89 bits per heavy atom. The maximum atomic E-state index is 12.4. The molecule has 0 bridgehead atoms. The van der Waals surface area contributed by atoms with Crippen LogP contribution in [0.25, 0.3) is 0 Å². The Bertz CT molecular complexity index is 462. The van der Waals surface area contributed by atoms with E-state index in [0.717, 1.165) is 56.1 Å². The van der Waals surface area contributed by atoms with E-state index in [4.69, 9.17) is 0 Å². The second-order valence-corrected chi connectivity index (χ2v) is 5.52. The number of rotatable bonds is 1. The van der Waals surface area contributed by atoms with Crippen molar-refractivity contribution in [2.75, 3.05) is 25.0 Å². The molecule has 2 aliphatic heterocycles. The van der Waals surface area contributed by atoms with Gasteiger partial charge < -0.3 is 10.2 Å². The third kappa shape index (κ3) is 2.09. The molecular formula is C15H20N2O. The van der Waals surface area contributed by atoms with Crippen LogP contribution in [0.4, 0.5) is 5.69 Å². The van der Waals surface area contributed by atoms with Gasteiger partial charge in [0, 0.05) is 30.9 Å². The molecule has 0 spiro atoms. The molecule has 96 valence electrons. The lowest BCUT2D eigenvalue weighted by Crippen LogP contribution is -2.37. The van der Waals surface area contributed by atoms with Gasteiger partial charge in [0.1, 0.15) is 0 Å². The maximum absolute atomic E-state index is 12.4. The van der Waals surface area contributed by atoms with E-state index >= 15 is 0 Å². The first-order valence-corrected chi connectivity index (χ1v) is 6.90. The summed E-state index contributed by atoms with van der Waals surface area (Å²) < 4.78 is 0. The molecule has 0 aromatic heterocycles. The number of hydrogen-bond acceptors (Lipinski definition) is 2. The fraction of sp³-hybridized carbons (Fsp3) is 0.533. The first kappa shape index (κ1) is 11.6. The van der Waals surface area contributed by atoms with Crippen LogP contribution in [0.1, 0.15) is 35.7 Å². The van der Waals surface area contributed by atoms with Gasteiger partial charge in [0.2, 0.25) is 0 Å². The summed E-state index contributed by atoms with van der Waals surface area (Å²) in [5.41, 5.74) is 3.31. The highest BCUT2D eigenvalue weighted by Crippen LogP contribution is 2.25. The van der Waals surface area contributed by atoms with Crippen LogP contribution in [0.5, 0.6) is 0 Å². The van der Waals surface area contributed by atoms with Crippen LogP contribution in [-0.2, 0) is 6.42 Å². The van der Waals surface area contributed by atoms with Crippen molar-refractivity contribution in [1.82, 2.24) is 4.90 Å². The van der Waals surface area contributed by atoms with E-state index < -0.39 is 0 Å². The van der Waals surface area contributed by atoms with Gasteiger partial charge in [-0.3, -0.25) is 4.79 Å². The second-order valence-electron chi connectivity index (χ2n) is 5.52. The van der Waals surface area contributed by atoms with Crippen molar-refractivity contribution in [3.8, 4) is 0 Å². The van der Waals surface area contributed by atoms with Gasteiger partial charge in [0.05, 0.1) is 0 Å². The summed E-state index contributed by atoms with van der Waals surface area (Å²) in [4.78, 5) is 14.4. The number of nitrogens with zero attached hydrogens (tertiary/aromatic N) is 1. The molecule has 1 aromatic rings. The number of benzene rings is 1. The predicted octanol–water partition coefficient (Wildman–Crippen LogP) is 2.53. The Labute approximate surface area is 108 Å². The van der Waals surface area contributed by atoms with Gasteiger partial charge in [-0.2, -0.15) is 0 Å². The van der Waals surface area contributed by atoms with Crippen LogP contribution in [-0.4, -0.2) is 30.4 Å². The molecule has 1 fully saturated rings. The van der Waals surface area contributed by atoms with Crippen molar-refractivity contribution in [1.29, 1.82) is 0 Å². The van der Waals surface area contributed by atoms with Gasteiger partial charge in [0.15, 0.2) is 0 Å². The molecule has 1 amide bonds. The lowest BCUT2D eigenvalue weighted by Gasteiger charge is -2.30. The first-order chi connectivity index (χ1) is 8.74. The van der Waals surface area contributed by atoms with E-state index in [9.17, 15) is 4.79 Å². The van der Waals surface area contributed by atoms with E-state index in [1.165, 1.54) is 5.56 Å². The van der Waals surface area contributed by atoms with E-state index in [-0.39, 0.29) is 5.91 Å². The molecule has 1 aromatic carbocycles. The van der Waals surface area contributed by atoms with Gasteiger partial charge in [0.25, 0.3) is 5.91 Å². The van der Waals surface area contributed by atoms with Crippen molar-refractivity contribution in [3.05, 3.63) is 29.3 Å². The Kier molecular flexibility index (Phi) is 2.98. The summed E-state index contributed by atoms with van der Waals surface area (Å²) in [5.74, 6) is 0.953. The average Bonchev–Trinajstić information content (AvgIpc) is 2.86. The number of fused-ring (bicyclic) bond motifs is 1. The van der Waals surface area contributed by atoms with Crippen molar-refractivity contribution < 1.29 is 4.79 Å². The smallest absolute Gasteiger partial charge is 0.253 e. The summed E-state index contributed by atoms with van der Waals surface area (Å²) in [5, 5.41) is 3.33. The van der Waals surface area contributed by atoms with E-state index in [2.05, 4.69) is 18.3 Å². The van der Waals surface area contributed by atoms with Gasteiger partial charge in [-0.1, -0.05) is 13.0 Å². The number of hydrogen-bond donors (Lipinski definition) is 1. The van der Waals surface area contributed by atoms with Crippen molar-refractivity contribution >= 4 is 11.6 Å². The number of piperidine rings is 1. The van der Waals surface area contributed by atoms with Crippen LogP contribution in [0.3, 0.4) is 0 Å². The number of carbonyl (C=O) groups is 1. The Balaban J connectivity index is 1.76. The van der Waals surface area contributed by atoms with Gasteiger partial charge in [-0.15, -0.1) is 0 Å². The number of nitrogens with one attached hydrogen (secondary N) is 1. The van der Waals surface area contributed by atoms with Crippen LogP contribution in [0.15, 0.2) is 18.2 Å². The number of carbonyl (C=O) groups excluding carboxylic acids is 1. The van der Waals surface area contributed by atoms with Crippen LogP contribution < -0.4 is 5.32 Å². The summed E-state index contributed by atoms with van der Waals surface area (Å²) >= 11 is 0. The monoisotopic (exact) mass is 244 g/mol. The van der Waals surface area contributed by atoms with Crippen molar-refractivity contribution in [3.63, 3.8) is 0 Å². The zero-order valence-electron chi connectivity index (χ0n) is 10.9. The fourth-order valence-electron chi connectivity index (χ4n) is 2.82. The quantitative estimate of drug-likeness (QED) is 0.823. The first-order valence-electron chi connectivity index (χ1n) is 6.90. The number of anilines is 1. The zero-order valence-corrected chi connectivity index (χ0v) is 10.9. The van der Waals surface area contributed by atoms with E-state index in [1.807, 2.05) is 17.0 Å². The minimum atomic E-state index is 0.193. The number of amides is 1.